The number of carbonyl (C=O) groups is 1. The van der Waals surface area contributed by atoms with Crippen molar-refractivity contribution in [1.82, 2.24) is 0 Å². The normalized spacial score (nSPS) is 15.1. The standard InChI is InChI=1S/C14H16O3/c15-14(16)8-5-11-3-6-13(7-4-11)17-10-9-12-1-2-12/h3-8,12H,1-2,9-10H2,(H,15,16). The lowest BCUT2D eigenvalue weighted by Crippen LogP contribution is -1.97. The van der Waals surface area contributed by atoms with E-state index in [-0.39, 0.29) is 0 Å². The van der Waals surface area contributed by atoms with E-state index in [1.54, 1.807) is 6.08 Å². The predicted octanol–water partition coefficient (Wildman–Crippen LogP) is 2.96. The van der Waals surface area contributed by atoms with Gasteiger partial charge in [-0.3, -0.25) is 0 Å². The average molecular weight is 232 g/mol. The highest BCUT2D eigenvalue weighted by molar-refractivity contribution is 5.85. The van der Waals surface area contributed by atoms with Gasteiger partial charge in [0.05, 0.1) is 6.61 Å². The summed E-state index contributed by atoms with van der Waals surface area (Å²) in [6, 6.07) is 7.45. The fraction of sp³-hybridized carbons (Fsp3) is 0.357. The van der Waals surface area contributed by atoms with Crippen LogP contribution in [0.25, 0.3) is 6.08 Å². The van der Waals surface area contributed by atoms with E-state index < -0.39 is 5.97 Å². The summed E-state index contributed by atoms with van der Waals surface area (Å²) in [7, 11) is 0. The Kier molecular flexibility index (Phi) is 3.81. The number of ether oxygens (including phenoxy) is 1. The molecule has 17 heavy (non-hydrogen) atoms. The smallest absolute Gasteiger partial charge is 0.328 e. The Balaban J connectivity index is 1.81. The van der Waals surface area contributed by atoms with E-state index in [0.717, 1.165) is 36.3 Å². The highest BCUT2D eigenvalue weighted by Crippen LogP contribution is 2.32. The van der Waals surface area contributed by atoms with Crippen molar-refractivity contribution in [1.29, 1.82) is 0 Å². The molecule has 2 rings (SSSR count). The number of benzene rings is 1. The minimum Gasteiger partial charge on any atom is -0.494 e. The molecule has 3 heteroatoms. The lowest BCUT2D eigenvalue weighted by molar-refractivity contribution is -0.131. The molecule has 0 heterocycles. The van der Waals surface area contributed by atoms with Crippen LogP contribution in [0.4, 0.5) is 0 Å². The summed E-state index contributed by atoms with van der Waals surface area (Å²) in [6.07, 6.45) is 6.53. The minimum atomic E-state index is -0.935. The second kappa shape index (κ2) is 5.53. The molecule has 0 bridgehead atoms. The molecule has 1 aromatic rings. The first-order valence-corrected chi connectivity index (χ1v) is 5.88. The van der Waals surface area contributed by atoms with Gasteiger partial charge in [0.15, 0.2) is 0 Å². The van der Waals surface area contributed by atoms with E-state index in [1.165, 1.54) is 12.8 Å². The first kappa shape index (κ1) is 11.7. The molecule has 1 aliphatic carbocycles. The first-order chi connectivity index (χ1) is 8.24. The number of hydrogen-bond donors (Lipinski definition) is 1. The second-order valence-corrected chi connectivity index (χ2v) is 4.32. The maximum atomic E-state index is 10.3. The van der Waals surface area contributed by atoms with E-state index in [0.29, 0.717) is 0 Å². The molecule has 1 fully saturated rings. The van der Waals surface area contributed by atoms with Crippen LogP contribution in [0.2, 0.25) is 0 Å². The molecular weight excluding hydrogens is 216 g/mol. The monoisotopic (exact) mass is 232 g/mol. The third-order valence-electron chi connectivity index (χ3n) is 2.79. The Labute approximate surface area is 101 Å². The summed E-state index contributed by atoms with van der Waals surface area (Å²) in [6.45, 7) is 0.773. The zero-order valence-electron chi connectivity index (χ0n) is 9.63. The van der Waals surface area contributed by atoms with Gasteiger partial charge in [-0.1, -0.05) is 25.0 Å². The van der Waals surface area contributed by atoms with Crippen molar-refractivity contribution in [3.05, 3.63) is 35.9 Å². The number of carboxylic acid groups (broad SMARTS) is 1. The van der Waals surface area contributed by atoms with Crippen LogP contribution in [-0.2, 0) is 4.79 Å². The second-order valence-electron chi connectivity index (χ2n) is 4.32. The molecule has 1 saturated carbocycles. The summed E-state index contributed by atoms with van der Waals surface area (Å²) < 4.78 is 5.60. The van der Waals surface area contributed by atoms with Gasteiger partial charge in [0.25, 0.3) is 0 Å². The molecule has 1 aromatic carbocycles. The van der Waals surface area contributed by atoms with E-state index in [2.05, 4.69) is 0 Å². The van der Waals surface area contributed by atoms with Crippen LogP contribution in [0.1, 0.15) is 24.8 Å². The summed E-state index contributed by atoms with van der Waals surface area (Å²) in [5, 5.41) is 8.49. The summed E-state index contributed by atoms with van der Waals surface area (Å²) in [5.41, 5.74) is 0.863. The first-order valence-electron chi connectivity index (χ1n) is 5.88. The molecule has 0 aliphatic heterocycles. The summed E-state index contributed by atoms with van der Waals surface area (Å²) in [5.74, 6) is 0.792. The van der Waals surface area contributed by atoms with Gasteiger partial charge in [-0.25, -0.2) is 4.79 Å². The minimum absolute atomic E-state index is 0.773. The van der Waals surface area contributed by atoms with Gasteiger partial charge in [-0.05, 0) is 36.1 Å². The Morgan fingerprint density at radius 3 is 2.65 bits per heavy atom. The van der Waals surface area contributed by atoms with Gasteiger partial charge in [-0.2, -0.15) is 0 Å². The molecule has 3 nitrogen and oxygen atoms in total. The topological polar surface area (TPSA) is 46.5 Å². The van der Waals surface area contributed by atoms with Crippen molar-refractivity contribution in [2.24, 2.45) is 5.92 Å². The van der Waals surface area contributed by atoms with Crippen molar-refractivity contribution in [3.8, 4) is 5.75 Å². The zero-order chi connectivity index (χ0) is 12.1. The van der Waals surface area contributed by atoms with Crippen molar-refractivity contribution in [2.75, 3.05) is 6.61 Å². The highest BCUT2D eigenvalue weighted by atomic mass is 16.5. The van der Waals surface area contributed by atoms with Crippen LogP contribution in [0.5, 0.6) is 5.75 Å². The average Bonchev–Trinajstić information content (AvgIpc) is 3.12. The molecular formula is C14H16O3. The Morgan fingerprint density at radius 2 is 2.06 bits per heavy atom. The third-order valence-corrected chi connectivity index (χ3v) is 2.79. The van der Waals surface area contributed by atoms with Crippen LogP contribution in [0.15, 0.2) is 30.3 Å². The van der Waals surface area contributed by atoms with Crippen molar-refractivity contribution >= 4 is 12.0 Å². The number of hydrogen-bond acceptors (Lipinski definition) is 2. The fourth-order valence-electron chi connectivity index (χ4n) is 1.59. The third kappa shape index (κ3) is 4.31. The SMILES string of the molecule is O=C(O)C=Cc1ccc(OCCC2CC2)cc1. The molecule has 1 N–H and O–H groups in total. The number of aliphatic carboxylic acids is 1. The van der Waals surface area contributed by atoms with Gasteiger partial charge in [-0.15, -0.1) is 0 Å². The Bertz CT molecular complexity index is 402. The molecule has 0 amide bonds. The van der Waals surface area contributed by atoms with E-state index in [4.69, 9.17) is 9.84 Å². The van der Waals surface area contributed by atoms with Crippen LogP contribution < -0.4 is 4.74 Å². The van der Waals surface area contributed by atoms with Crippen LogP contribution >= 0.6 is 0 Å². The van der Waals surface area contributed by atoms with Gasteiger partial charge < -0.3 is 9.84 Å². The van der Waals surface area contributed by atoms with Crippen LogP contribution in [0, 0.1) is 5.92 Å². The van der Waals surface area contributed by atoms with Gasteiger partial charge in [0.1, 0.15) is 5.75 Å². The molecule has 0 spiro atoms. The maximum Gasteiger partial charge on any atom is 0.328 e. The summed E-state index contributed by atoms with van der Waals surface area (Å²) >= 11 is 0. The van der Waals surface area contributed by atoms with E-state index in [1.807, 2.05) is 24.3 Å². The van der Waals surface area contributed by atoms with Gasteiger partial charge >= 0.3 is 5.97 Å². The maximum absolute atomic E-state index is 10.3. The van der Waals surface area contributed by atoms with Gasteiger partial charge in [0.2, 0.25) is 0 Å². The van der Waals surface area contributed by atoms with Crippen molar-refractivity contribution < 1.29 is 14.6 Å². The molecule has 0 aromatic heterocycles. The van der Waals surface area contributed by atoms with Crippen LogP contribution in [-0.4, -0.2) is 17.7 Å². The molecule has 0 unspecified atom stereocenters. The lowest BCUT2D eigenvalue weighted by Gasteiger charge is -2.05. The largest absolute Gasteiger partial charge is 0.494 e. The predicted molar refractivity (Wildman–Crippen MR) is 65.9 cm³/mol. The zero-order valence-corrected chi connectivity index (χ0v) is 9.63. The van der Waals surface area contributed by atoms with E-state index in [9.17, 15) is 4.79 Å². The quantitative estimate of drug-likeness (QED) is 0.767. The number of carboxylic acids is 1. The summed E-state index contributed by atoms with van der Waals surface area (Å²) in [4.78, 5) is 10.3. The fourth-order valence-corrected chi connectivity index (χ4v) is 1.59. The van der Waals surface area contributed by atoms with Crippen LogP contribution in [0.3, 0.4) is 0 Å². The van der Waals surface area contributed by atoms with Crippen molar-refractivity contribution in [3.63, 3.8) is 0 Å². The van der Waals surface area contributed by atoms with Gasteiger partial charge in [0, 0.05) is 6.08 Å². The lowest BCUT2D eigenvalue weighted by atomic mass is 10.2. The van der Waals surface area contributed by atoms with E-state index >= 15 is 0 Å². The molecule has 0 saturated heterocycles. The Morgan fingerprint density at radius 1 is 1.35 bits per heavy atom. The Hall–Kier alpha value is -1.77. The number of rotatable bonds is 6. The molecule has 0 radical (unpaired) electrons. The molecule has 90 valence electrons. The molecule has 0 atom stereocenters. The highest BCUT2D eigenvalue weighted by Gasteiger charge is 2.20. The van der Waals surface area contributed by atoms with Crippen molar-refractivity contribution in [2.45, 2.75) is 19.3 Å². The molecule has 1 aliphatic rings.